The van der Waals surface area contributed by atoms with Crippen molar-refractivity contribution in [2.45, 2.75) is 46.3 Å². The maximum Gasteiger partial charge on any atom is 0.338 e. The Bertz CT molecular complexity index is 1800. The number of hydrogen-bond acceptors (Lipinski definition) is 6. The maximum atomic E-state index is 14.2. The van der Waals surface area contributed by atoms with Crippen LogP contribution in [0.3, 0.4) is 0 Å². The Morgan fingerprint density at radius 3 is 2.49 bits per heavy atom. The number of carbonyl (C=O) groups excluding carboxylic acids is 1. The Morgan fingerprint density at radius 1 is 1.07 bits per heavy atom. The highest BCUT2D eigenvalue weighted by Crippen LogP contribution is 2.31. The van der Waals surface area contributed by atoms with Gasteiger partial charge in [-0.1, -0.05) is 85.8 Å². The molecule has 1 aliphatic rings. The number of thiazole rings is 1. The highest BCUT2D eigenvalue weighted by molar-refractivity contribution is 7.07. The van der Waals surface area contributed by atoms with Gasteiger partial charge in [-0.25, -0.2) is 14.2 Å². The number of rotatable bonds is 8. The molecule has 0 N–H and O–H groups in total. The van der Waals surface area contributed by atoms with Crippen molar-refractivity contribution in [2.75, 3.05) is 6.61 Å². The SMILES string of the molecule is CCOC(=O)C1=C(C)N=c2sc(=Cc3ccccc3OCc3ccccc3F)c(=O)n2[C@@H]1c1ccc(C(C)C)cc1. The van der Waals surface area contributed by atoms with Crippen molar-refractivity contribution in [1.82, 2.24) is 4.57 Å². The molecule has 6 nitrogen and oxygen atoms in total. The third kappa shape index (κ3) is 5.79. The van der Waals surface area contributed by atoms with E-state index in [0.29, 0.717) is 43.4 Å². The van der Waals surface area contributed by atoms with Crippen molar-refractivity contribution in [3.05, 3.63) is 132 Å². The first-order chi connectivity index (χ1) is 19.8. The number of benzene rings is 3. The van der Waals surface area contributed by atoms with E-state index in [1.807, 2.05) is 42.5 Å². The average Bonchev–Trinajstić information content (AvgIpc) is 3.26. The summed E-state index contributed by atoms with van der Waals surface area (Å²) < 4.78 is 27.5. The first-order valence-corrected chi connectivity index (χ1v) is 14.3. The molecule has 0 aliphatic carbocycles. The van der Waals surface area contributed by atoms with Gasteiger partial charge in [0.25, 0.3) is 5.56 Å². The monoisotopic (exact) mass is 570 g/mol. The normalized spacial score (nSPS) is 15.1. The molecule has 1 aliphatic heterocycles. The van der Waals surface area contributed by atoms with Gasteiger partial charge in [0.15, 0.2) is 4.80 Å². The zero-order valence-corrected chi connectivity index (χ0v) is 24.2. The molecule has 0 amide bonds. The highest BCUT2D eigenvalue weighted by Gasteiger charge is 2.33. The molecule has 41 heavy (non-hydrogen) atoms. The van der Waals surface area contributed by atoms with Crippen LogP contribution in [0.4, 0.5) is 4.39 Å². The maximum absolute atomic E-state index is 14.2. The van der Waals surface area contributed by atoms with Crippen molar-refractivity contribution >= 4 is 23.4 Å². The fourth-order valence-electron chi connectivity index (χ4n) is 4.81. The summed E-state index contributed by atoms with van der Waals surface area (Å²) in [4.78, 5) is 32.2. The van der Waals surface area contributed by atoms with Crippen LogP contribution in [-0.4, -0.2) is 17.1 Å². The molecule has 0 unspecified atom stereocenters. The van der Waals surface area contributed by atoms with E-state index in [4.69, 9.17) is 9.47 Å². The van der Waals surface area contributed by atoms with Crippen LogP contribution in [0.25, 0.3) is 6.08 Å². The number of nitrogens with zero attached hydrogens (tertiary/aromatic N) is 2. The molecule has 0 spiro atoms. The predicted molar refractivity (Wildman–Crippen MR) is 158 cm³/mol. The van der Waals surface area contributed by atoms with Crippen LogP contribution in [0, 0.1) is 5.82 Å². The molecule has 0 fully saturated rings. The molecule has 0 saturated heterocycles. The van der Waals surface area contributed by atoms with Crippen LogP contribution in [-0.2, 0) is 16.1 Å². The van der Waals surface area contributed by atoms with Crippen molar-refractivity contribution in [3.63, 3.8) is 0 Å². The average molecular weight is 571 g/mol. The van der Waals surface area contributed by atoms with Crippen molar-refractivity contribution < 1.29 is 18.7 Å². The largest absolute Gasteiger partial charge is 0.488 e. The van der Waals surface area contributed by atoms with E-state index in [1.165, 1.54) is 17.4 Å². The number of hydrogen-bond donors (Lipinski definition) is 0. The first-order valence-electron chi connectivity index (χ1n) is 13.5. The molecule has 0 saturated carbocycles. The number of fused-ring (bicyclic) bond motifs is 1. The summed E-state index contributed by atoms with van der Waals surface area (Å²) in [5.74, 6) is 0.0275. The minimum Gasteiger partial charge on any atom is -0.488 e. The molecular weight excluding hydrogens is 539 g/mol. The molecule has 1 aromatic heterocycles. The van der Waals surface area contributed by atoms with Crippen LogP contribution in [0.2, 0.25) is 0 Å². The second kappa shape index (κ2) is 12.1. The van der Waals surface area contributed by atoms with Crippen LogP contribution < -0.4 is 19.6 Å². The zero-order valence-electron chi connectivity index (χ0n) is 23.4. The van der Waals surface area contributed by atoms with Gasteiger partial charge in [0.05, 0.1) is 28.5 Å². The fourth-order valence-corrected chi connectivity index (χ4v) is 5.85. The van der Waals surface area contributed by atoms with Crippen LogP contribution >= 0.6 is 11.3 Å². The molecule has 210 valence electrons. The second-order valence-corrected chi connectivity index (χ2v) is 11.1. The number of allylic oxidation sites excluding steroid dienone is 1. The Hall–Kier alpha value is -4.30. The van der Waals surface area contributed by atoms with E-state index in [9.17, 15) is 14.0 Å². The van der Waals surface area contributed by atoms with Crippen molar-refractivity contribution in [3.8, 4) is 5.75 Å². The lowest BCUT2D eigenvalue weighted by atomic mass is 9.93. The van der Waals surface area contributed by atoms with Crippen LogP contribution in [0.5, 0.6) is 5.75 Å². The van der Waals surface area contributed by atoms with Gasteiger partial charge >= 0.3 is 5.97 Å². The van der Waals surface area contributed by atoms with Gasteiger partial charge in [0.1, 0.15) is 18.2 Å². The Kier molecular flexibility index (Phi) is 8.31. The Labute approximate surface area is 241 Å². The summed E-state index contributed by atoms with van der Waals surface area (Å²) in [5.41, 5.74) is 3.66. The van der Waals surface area contributed by atoms with E-state index in [0.717, 1.165) is 11.1 Å². The van der Waals surface area contributed by atoms with Crippen molar-refractivity contribution in [2.24, 2.45) is 4.99 Å². The minimum absolute atomic E-state index is 0.0489. The predicted octanol–water partition coefficient (Wildman–Crippen LogP) is 5.64. The van der Waals surface area contributed by atoms with Gasteiger partial charge in [-0.2, -0.15) is 0 Å². The standard InChI is InChI=1S/C33H31FN2O4S/c1-5-39-32(38)29-21(4)35-33-36(30(29)23-16-14-22(15-17-23)20(2)3)31(37)28(41-33)18-24-10-7-9-13-27(24)40-19-25-11-6-8-12-26(25)34/h6-18,20,30H,5,19H2,1-4H3/t30-/m1/s1. The molecular formula is C33H31FN2O4S. The molecule has 0 bridgehead atoms. The first kappa shape index (κ1) is 28.2. The summed E-state index contributed by atoms with van der Waals surface area (Å²) >= 11 is 1.25. The molecule has 4 aromatic rings. The number of carbonyl (C=O) groups is 1. The third-order valence-electron chi connectivity index (χ3n) is 6.98. The van der Waals surface area contributed by atoms with Crippen molar-refractivity contribution in [1.29, 1.82) is 0 Å². The lowest BCUT2D eigenvalue weighted by Crippen LogP contribution is -2.39. The summed E-state index contributed by atoms with van der Waals surface area (Å²) in [7, 11) is 0. The van der Waals surface area contributed by atoms with Gasteiger partial charge < -0.3 is 9.47 Å². The van der Waals surface area contributed by atoms with Gasteiger partial charge in [-0.15, -0.1) is 0 Å². The highest BCUT2D eigenvalue weighted by atomic mass is 32.1. The van der Waals surface area contributed by atoms with E-state index < -0.39 is 12.0 Å². The van der Waals surface area contributed by atoms with E-state index in [1.54, 1.807) is 48.8 Å². The summed E-state index contributed by atoms with van der Waals surface area (Å²) in [6, 6.07) is 21.0. The van der Waals surface area contributed by atoms with Gasteiger partial charge in [0.2, 0.25) is 0 Å². The summed E-state index contributed by atoms with van der Waals surface area (Å²) in [6.45, 7) is 8.01. The quantitative estimate of drug-likeness (QED) is 0.257. The smallest absolute Gasteiger partial charge is 0.338 e. The molecule has 2 heterocycles. The molecule has 8 heteroatoms. The van der Waals surface area contributed by atoms with E-state index in [2.05, 4.69) is 18.8 Å². The number of ether oxygens (including phenoxy) is 2. The molecule has 3 aromatic carbocycles. The summed E-state index contributed by atoms with van der Waals surface area (Å²) in [5, 5.41) is 0. The van der Waals surface area contributed by atoms with Crippen LogP contribution in [0.15, 0.2) is 93.9 Å². The second-order valence-electron chi connectivity index (χ2n) is 10.0. The van der Waals surface area contributed by atoms with Crippen LogP contribution in [0.1, 0.15) is 61.9 Å². The van der Waals surface area contributed by atoms with E-state index >= 15 is 0 Å². The van der Waals surface area contributed by atoms with E-state index in [-0.39, 0.29) is 24.6 Å². The minimum atomic E-state index is -0.679. The molecule has 1 atom stereocenters. The topological polar surface area (TPSA) is 69.9 Å². The number of halogens is 1. The lowest BCUT2D eigenvalue weighted by molar-refractivity contribution is -0.139. The fraction of sp³-hybridized carbons (Fsp3) is 0.242. The zero-order chi connectivity index (χ0) is 29.1. The lowest BCUT2D eigenvalue weighted by Gasteiger charge is -2.25. The van der Waals surface area contributed by atoms with Gasteiger partial charge in [-0.3, -0.25) is 9.36 Å². The number of esters is 1. The number of para-hydroxylation sites is 1. The summed E-state index contributed by atoms with van der Waals surface area (Å²) in [6.07, 6.45) is 1.75. The third-order valence-corrected chi connectivity index (χ3v) is 7.97. The van der Waals surface area contributed by atoms with Gasteiger partial charge in [-0.05, 0) is 49.1 Å². The molecule has 5 rings (SSSR count). The molecule has 0 radical (unpaired) electrons. The Morgan fingerprint density at radius 2 is 1.78 bits per heavy atom. The van der Waals surface area contributed by atoms with Gasteiger partial charge in [0, 0.05) is 11.1 Å². The Balaban J connectivity index is 1.60. The number of aromatic nitrogens is 1.